The van der Waals surface area contributed by atoms with Gasteiger partial charge in [0.25, 0.3) is 5.56 Å². The molecule has 0 aliphatic carbocycles. The summed E-state index contributed by atoms with van der Waals surface area (Å²) >= 11 is 0. The second-order valence-corrected chi connectivity index (χ2v) is 8.80. The minimum atomic E-state index is -3.52. The molecule has 0 amide bonds. The molecule has 0 saturated heterocycles. The summed E-state index contributed by atoms with van der Waals surface area (Å²) in [6, 6.07) is 10.4. The molecule has 7 heteroatoms. The Balaban J connectivity index is 2.28. The SMILES string of the molecule is CCn1[nH]cc(C(=O)c2ccc(S(C)(=O)=O)c(-c3cccc(C)c3)c2C)c1=O. The molecule has 146 valence electrons. The molecule has 3 aromatic rings. The molecule has 6 nitrogen and oxygen atoms in total. The molecule has 0 radical (unpaired) electrons. The van der Waals surface area contributed by atoms with Crippen molar-refractivity contribution in [2.24, 2.45) is 0 Å². The third-order valence-electron chi connectivity index (χ3n) is 4.78. The van der Waals surface area contributed by atoms with Crippen LogP contribution in [0.4, 0.5) is 0 Å². The van der Waals surface area contributed by atoms with E-state index in [1.54, 1.807) is 13.8 Å². The minimum Gasteiger partial charge on any atom is -0.302 e. The first-order chi connectivity index (χ1) is 13.1. The van der Waals surface area contributed by atoms with Crippen molar-refractivity contribution in [2.75, 3.05) is 6.26 Å². The van der Waals surface area contributed by atoms with Crippen LogP contribution in [-0.4, -0.2) is 30.2 Å². The number of sulfone groups is 1. The maximum atomic E-state index is 13.0. The Morgan fingerprint density at radius 3 is 2.39 bits per heavy atom. The van der Waals surface area contributed by atoms with Crippen molar-refractivity contribution in [1.82, 2.24) is 9.78 Å². The summed E-state index contributed by atoms with van der Waals surface area (Å²) in [6.45, 7) is 5.85. The summed E-state index contributed by atoms with van der Waals surface area (Å²) in [4.78, 5) is 25.6. The van der Waals surface area contributed by atoms with E-state index in [0.29, 0.717) is 28.8 Å². The zero-order chi connectivity index (χ0) is 20.6. The zero-order valence-electron chi connectivity index (χ0n) is 16.2. The van der Waals surface area contributed by atoms with Gasteiger partial charge >= 0.3 is 0 Å². The number of hydrogen-bond acceptors (Lipinski definition) is 4. The molecule has 0 saturated carbocycles. The highest BCUT2D eigenvalue weighted by Gasteiger charge is 2.24. The number of carbonyl (C=O) groups excluding carboxylic acids is 1. The maximum Gasteiger partial charge on any atom is 0.277 e. The lowest BCUT2D eigenvalue weighted by molar-refractivity contribution is 0.103. The van der Waals surface area contributed by atoms with E-state index in [4.69, 9.17) is 0 Å². The predicted octanol–water partition coefficient (Wildman–Crippen LogP) is 3.11. The molecule has 1 aromatic heterocycles. The summed E-state index contributed by atoms with van der Waals surface area (Å²) in [6.07, 6.45) is 2.54. The summed E-state index contributed by atoms with van der Waals surface area (Å²) < 4.78 is 26.1. The average Bonchev–Trinajstić information content (AvgIpc) is 3.00. The van der Waals surface area contributed by atoms with E-state index in [-0.39, 0.29) is 10.5 Å². The first-order valence-corrected chi connectivity index (χ1v) is 10.8. The van der Waals surface area contributed by atoms with E-state index >= 15 is 0 Å². The number of nitrogens with zero attached hydrogens (tertiary/aromatic N) is 1. The van der Waals surface area contributed by atoms with Gasteiger partial charge in [-0.25, -0.2) is 8.42 Å². The number of aryl methyl sites for hydroxylation is 2. The fourth-order valence-corrected chi connectivity index (χ4v) is 4.31. The number of rotatable bonds is 5. The summed E-state index contributed by atoms with van der Waals surface area (Å²) in [5, 5.41) is 2.77. The number of aromatic amines is 1. The highest BCUT2D eigenvalue weighted by molar-refractivity contribution is 7.90. The van der Waals surface area contributed by atoms with Gasteiger partial charge in [0.2, 0.25) is 0 Å². The number of hydrogen-bond donors (Lipinski definition) is 1. The van der Waals surface area contributed by atoms with Crippen molar-refractivity contribution in [3.8, 4) is 11.1 Å². The highest BCUT2D eigenvalue weighted by Crippen LogP contribution is 2.33. The fraction of sp³-hybridized carbons (Fsp3) is 0.238. The number of nitrogens with one attached hydrogen (secondary N) is 1. The van der Waals surface area contributed by atoms with Gasteiger partial charge in [0.05, 0.1) is 4.90 Å². The number of H-pyrrole nitrogens is 1. The van der Waals surface area contributed by atoms with E-state index in [2.05, 4.69) is 5.10 Å². The van der Waals surface area contributed by atoms with Crippen molar-refractivity contribution in [3.63, 3.8) is 0 Å². The third kappa shape index (κ3) is 3.45. The standard InChI is InChI=1S/C21H22N2O4S/c1-5-23-21(25)17(12-22-23)20(24)16-9-10-18(28(4,26)27)19(14(16)3)15-8-6-7-13(2)11-15/h6-12,22H,5H2,1-4H3. The molecule has 0 aliphatic rings. The van der Waals surface area contributed by atoms with Gasteiger partial charge in [0.15, 0.2) is 15.6 Å². The molecule has 0 atom stereocenters. The summed E-state index contributed by atoms with van der Waals surface area (Å²) in [5.41, 5.74) is 2.66. The maximum absolute atomic E-state index is 13.0. The van der Waals surface area contributed by atoms with Crippen molar-refractivity contribution >= 4 is 15.6 Å². The van der Waals surface area contributed by atoms with Crippen LogP contribution in [0.5, 0.6) is 0 Å². The normalized spacial score (nSPS) is 11.6. The van der Waals surface area contributed by atoms with Crippen molar-refractivity contribution < 1.29 is 13.2 Å². The first-order valence-electron chi connectivity index (χ1n) is 8.88. The van der Waals surface area contributed by atoms with Gasteiger partial charge in [-0.3, -0.25) is 14.3 Å². The van der Waals surface area contributed by atoms with E-state index in [0.717, 1.165) is 11.8 Å². The van der Waals surface area contributed by atoms with Gasteiger partial charge in [-0.1, -0.05) is 29.8 Å². The quantitative estimate of drug-likeness (QED) is 0.669. The van der Waals surface area contributed by atoms with Gasteiger partial charge in [0.1, 0.15) is 5.56 Å². The van der Waals surface area contributed by atoms with E-state index < -0.39 is 21.2 Å². The molecule has 1 heterocycles. The lowest BCUT2D eigenvalue weighted by Crippen LogP contribution is -2.21. The van der Waals surface area contributed by atoms with Crippen LogP contribution in [0.1, 0.15) is 34.0 Å². The Kier molecular flexibility index (Phi) is 5.12. The van der Waals surface area contributed by atoms with Crippen LogP contribution < -0.4 is 5.56 Å². The molecule has 0 spiro atoms. The Bertz CT molecular complexity index is 1230. The average molecular weight is 398 g/mol. The largest absolute Gasteiger partial charge is 0.302 e. The van der Waals surface area contributed by atoms with Crippen molar-refractivity contribution in [2.45, 2.75) is 32.2 Å². The Labute approximate surface area is 163 Å². The molecular formula is C21H22N2O4S. The molecule has 0 bridgehead atoms. The van der Waals surface area contributed by atoms with Crippen molar-refractivity contribution in [1.29, 1.82) is 0 Å². The second kappa shape index (κ2) is 7.24. The van der Waals surface area contributed by atoms with Gasteiger partial charge in [0, 0.05) is 30.1 Å². The number of aromatic nitrogens is 2. The lowest BCUT2D eigenvalue weighted by Gasteiger charge is -2.15. The monoisotopic (exact) mass is 398 g/mol. The van der Waals surface area contributed by atoms with Crippen LogP contribution in [0.2, 0.25) is 0 Å². The second-order valence-electron chi connectivity index (χ2n) is 6.82. The van der Waals surface area contributed by atoms with Crippen LogP contribution in [0.15, 0.2) is 52.3 Å². The molecule has 28 heavy (non-hydrogen) atoms. The van der Waals surface area contributed by atoms with Crippen molar-refractivity contribution in [3.05, 3.63) is 75.2 Å². The molecule has 0 unspecified atom stereocenters. The third-order valence-corrected chi connectivity index (χ3v) is 5.92. The smallest absolute Gasteiger partial charge is 0.277 e. The molecule has 1 N–H and O–H groups in total. The molecule has 3 rings (SSSR count). The van der Waals surface area contributed by atoms with Gasteiger partial charge < -0.3 is 5.10 Å². The highest BCUT2D eigenvalue weighted by atomic mass is 32.2. The fourth-order valence-electron chi connectivity index (χ4n) is 3.35. The molecule has 0 aliphatic heterocycles. The molecule has 2 aromatic carbocycles. The van der Waals surface area contributed by atoms with Crippen LogP contribution >= 0.6 is 0 Å². The topological polar surface area (TPSA) is 89.0 Å². The molecular weight excluding hydrogens is 376 g/mol. The van der Waals surface area contributed by atoms with Crippen LogP contribution in [0.25, 0.3) is 11.1 Å². The summed E-state index contributed by atoms with van der Waals surface area (Å²) in [7, 11) is -3.52. The van der Waals surface area contributed by atoms with E-state index in [1.165, 1.54) is 23.0 Å². The Hall–Kier alpha value is -2.93. The lowest BCUT2D eigenvalue weighted by atomic mass is 9.92. The van der Waals surface area contributed by atoms with E-state index in [9.17, 15) is 18.0 Å². The number of benzene rings is 2. The zero-order valence-corrected chi connectivity index (χ0v) is 17.1. The van der Waals surface area contributed by atoms with E-state index in [1.807, 2.05) is 31.2 Å². The number of carbonyl (C=O) groups is 1. The Morgan fingerprint density at radius 1 is 1.11 bits per heavy atom. The van der Waals surface area contributed by atoms with Crippen LogP contribution in [0.3, 0.4) is 0 Å². The molecule has 0 fully saturated rings. The van der Waals surface area contributed by atoms with Crippen LogP contribution in [-0.2, 0) is 16.4 Å². The van der Waals surface area contributed by atoms with Gasteiger partial charge in [-0.15, -0.1) is 0 Å². The number of ketones is 1. The summed E-state index contributed by atoms with van der Waals surface area (Å²) in [5.74, 6) is -0.431. The van der Waals surface area contributed by atoms with Crippen LogP contribution in [0, 0.1) is 13.8 Å². The minimum absolute atomic E-state index is 0.0345. The van der Waals surface area contributed by atoms with Gasteiger partial charge in [-0.05, 0) is 44.0 Å². The van der Waals surface area contributed by atoms with Gasteiger partial charge in [-0.2, -0.15) is 0 Å². The first kappa shape index (κ1) is 19.8. The predicted molar refractivity (Wildman–Crippen MR) is 109 cm³/mol. The Morgan fingerprint density at radius 2 is 1.82 bits per heavy atom.